The molecule has 0 bridgehead atoms. The maximum Gasteiger partial charge on any atom is 0.317 e. The summed E-state index contributed by atoms with van der Waals surface area (Å²) in [6.45, 7) is 3.53. The molecule has 130 valence electrons. The molecule has 1 atom stereocenters. The van der Waals surface area contributed by atoms with Gasteiger partial charge in [0.15, 0.2) is 0 Å². The molecule has 6 heteroatoms. The number of piperazine rings is 1. The molecule has 0 radical (unpaired) electrons. The fraction of sp³-hybridized carbons (Fsp3) is 0.368. The van der Waals surface area contributed by atoms with Gasteiger partial charge in [-0.25, -0.2) is 9.78 Å². The fourth-order valence-electron chi connectivity index (χ4n) is 3.37. The predicted molar refractivity (Wildman–Crippen MR) is 96.0 cm³/mol. The number of hydrogen-bond acceptors (Lipinski definition) is 4. The third-order valence-electron chi connectivity index (χ3n) is 4.75. The van der Waals surface area contributed by atoms with Crippen molar-refractivity contribution in [2.75, 3.05) is 37.7 Å². The molecule has 0 spiro atoms. The summed E-state index contributed by atoms with van der Waals surface area (Å²) in [5, 5.41) is 3.11. The SMILES string of the molecule is O=C(N[C@@H]1COc2ccccc2C1)N1CCN(c2ccccn2)CC1. The van der Waals surface area contributed by atoms with E-state index in [4.69, 9.17) is 4.74 Å². The highest BCUT2D eigenvalue weighted by molar-refractivity contribution is 5.75. The summed E-state index contributed by atoms with van der Waals surface area (Å²) >= 11 is 0. The molecule has 25 heavy (non-hydrogen) atoms. The third kappa shape index (κ3) is 3.52. The summed E-state index contributed by atoms with van der Waals surface area (Å²) < 4.78 is 5.75. The number of pyridine rings is 1. The molecule has 1 aromatic heterocycles. The lowest BCUT2D eigenvalue weighted by atomic mass is 10.0. The van der Waals surface area contributed by atoms with Crippen molar-refractivity contribution >= 4 is 11.8 Å². The van der Waals surface area contributed by atoms with E-state index < -0.39 is 0 Å². The number of ether oxygens (including phenoxy) is 1. The van der Waals surface area contributed by atoms with Crippen LogP contribution in [-0.2, 0) is 6.42 Å². The Bertz CT molecular complexity index is 729. The minimum absolute atomic E-state index is 0.00588. The Morgan fingerprint density at radius 3 is 2.68 bits per heavy atom. The molecule has 1 saturated heterocycles. The molecule has 2 aromatic rings. The van der Waals surface area contributed by atoms with Crippen LogP contribution >= 0.6 is 0 Å². The molecule has 0 aliphatic carbocycles. The second kappa shape index (κ2) is 7.01. The first-order valence-corrected chi connectivity index (χ1v) is 8.72. The van der Waals surface area contributed by atoms with Crippen LogP contribution in [0, 0.1) is 0 Å². The van der Waals surface area contributed by atoms with Crippen LogP contribution in [0.5, 0.6) is 5.75 Å². The topological polar surface area (TPSA) is 57.7 Å². The van der Waals surface area contributed by atoms with Gasteiger partial charge in [0, 0.05) is 32.4 Å². The number of nitrogens with zero attached hydrogens (tertiary/aromatic N) is 3. The molecule has 1 aromatic carbocycles. The third-order valence-corrected chi connectivity index (χ3v) is 4.75. The minimum Gasteiger partial charge on any atom is -0.491 e. The minimum atomic E-state index is -0.00588. The fourth-order valence-corrected chi connectivity index (χ4v) is 3.37. The van der Waals surface area contributed by atoms with Crippen molar-refractivity contribution in [3.05, 3.63) is 54.2 Å². The molecule has 2 aliphatic heterocycles. The van der Waals surface area contributed by atoms with Crippen molar-refractivity contribution < 1.29 is 9.53 Å². The quantitative estimate of drug-likeness (QED) is 0.909. The molecule has 3 heterocycles. The van der Waals surface area contributed by atoms with Crippen molar-refractivity contribution in [3.63, 3.8) is 0 Å². The standard InChI is InChI=1S/C19H22N4O2/c24-19(21-16-13-15-5-1-2-6-17(15)25-14-16)23-11-9-22(10-12-23)18-7-3-4-8-20-18/h1-8,16H,9-14H2,(H,21,24)/t16-/m0/s1. The van der Waals surface area contributed by atoms with Gasteiger partial charge in [-0.15, -0.1) is 0 Å². The van der Waals surface area contributed by atoms with Crippen molar-refractivity contribution in [1.82, 2.24) is 15.2 Å². The van der Waals surface area contributed by atoms with Crippen LogP contribution < -0.4 is 15.0 Å². The zero-order chi connectivity index (χ0) is 17.1. The van der Waals surface area contributed by atoms with Crippen molar-refractivity contribution in [2.24, 2.45) is 0 Å². The second-order valence-electron chi connectivity index (χ2n) is 6.43. The van der Waals surface area contributed by atoms with Crippen molar-refractivity contribution in [2.45, 2.75) is 12.5 Å². The van der Waals surface area contributed by atoms with E-state index in [9.17, 15) is 4.79 Å². The Kier molecular flexibility index (Phi) is 4.41. The summed E-state index contributed by atoms with van der Waals surface area (Å²) in [6.07, 6.45) is 2.62. The monoisotopic (exact) mass is 338 g/mol. The number of urea groups is 1. The lowest BCUT2D eigenvalue weighted by Crippen LogP contribution is -2.55. The average Bonchev–Trinajstić information content (AvgIpc) is 2.69. The summed E-state index contributed by atoms with van der Waals surface area (Å²) in [5.74, 6) is 1.90. The molecule has 1 N–H and O–H groups in total. The molecule has 2 aliphatic rings. The summed E-state index contributed by atoms with van der Waals surface area (Å²) in [6, 6.07) is 13.9. The van der Waals surface area contributed by atoms with Crippen LogP contribution in [0.3, 0.4) is 0 Å². The van der Waals surface area contributed by atoms with Gasteiger partial charge < -0.3 is 19.9 Å². The Labute approximate surface area is 147 Å². The predicted octanol–water partition coefficient (Wildman–Crippen LogP) is 1.92. The zero-order valence-electron chi connectivity index (χ0n) is 14.1. The van der Waals surface area contributed by atoms with Crippen molar-refractivity contribution in [3.8, 4) is 5.75 Å². The average molecular weight is 338 g/mol. The Balaban J connectivity index is 1.30. The van der Waals surface area contributed by atoms with E-state index in [1.54, 1.807) is 6.20 Å². The Morgan fingerprint density at radius 1 is 1.08 bits per heavy atom. The Hall–Kier alpha value is -2.76. The van der Waals surface area contributed by atoms with E-state index in [2.05, 4.69) is 21.3 Å². The van der Waals surface area contributed by atoms with Gasteiger partial charge in [0.2, 0.25) is 0 Å². The van der Waals surface area contributed by atoms with Crippen molar-refractivity contribution in [1.29, 1.82) is 0 Å². The van der Waals surface area contributed by atoms with E-state index in [-0.39, 0.29) is 12.1 Å². The van der Waals surface area contributed by atoms with Gasteiger partial charge in [-0.3, -0.25) is 0 Å². The smallest absolute Gasteiger partial charge is 0.317 e. The van der Waals surface area contributed by atoms with Crippen LogP contribution in [0.2, 0.25) is 0 Å². The van der Waals surface area contributed by atoms with Crippen LogP contribution in [0.4, 0.5) is 10.6 Å². The van der Waals surface area contributed by atoms with Gasteiger partial charge in [0.1, 0.15) is 18.2 Å². The number of para-hydroxylation sites is 1. The number of benzene rings is 1. The van der Waals surface area contributed by atoms with E-state index in [0.29, 0.717) is 19.7 Å². The summed E-state index contributed by atoms with van der Waals surface area (Å²) in [5.41, 5.74) is 1.15. The number of hydrogen-bond donors (Lipinski definition) is 1. The van der Waals surface area contributed by atoms with Gasteiger partial charge >= 0.3 is 6.03 Å². The lowest BCUT2D eigenvalue weighted by Gasteiger charge is -2.36. The first kappa shape index (κ1) is 15.7. The number of carbonyl (C=O) groups is 1. The normalized spacial score (nSPS) is 19.8. The number of nitrogens with one attached hydrogen (secondary N) is 1. The number of rotatable bonds is 2. The lowest BCUT2D eigenvalue weighted by molar-refractivity contribution is 0.178. The summed E-state index contributed by atoms with van der Waals surface area (Å²) in [4.78, 5) is 21.0. The highest BCUT2D eigenvalue weighted by Gasteiger charge is 2.26. The maximum absolute atomic E-state index is 12.5. The number of fused-ring (bicyclic) bond motifs is 1. The number of amides is 2. The summed E-state index contributed by atoms with van der Waals surface area (Å²) in [7, 11) is 0. The highest BCUT2D eigenvalue weighted by atomic mass is 16.5. The molecule has 0 unspecified atom stereocenters. The van der Waals surface area contributed by atoms with Gasteiger partial charge in [0.25, 0.3) is 0 Å². The van der Waals surface area contributed by atoms with E-state index in [1.165, 1.54) is 0 Å². The molecular weight excluding hydrogens is 316 g/mol. The van der Waals surface area contributed by atoms with Gasteiger partial charge in [-0.05, 0) is 30.2 Å². The van der Waals surface area contributed by atoms with E-state index >= 15 is 0 Å². The highest BCUT2D eigenvalue weighted by Crippen LogP contribution is 2.24. The number of anilines is 1. The maximum atomic E-state index is 12.5. The molecule has 2 amide bonds. The molecule has 6 nitrogen and oxygen atoms in total. The second-order valence-corrected chi connectivity index (χ2v) is 6.43. The first-order valence-electron chi connectivity index (χ1n) is 8.72. The molecule has 0 saturated carbocycles. The number of carbonyl (C=O) groups excluding carboxylic acids is 1. The van der Waals surface area contributed by atoms with Gasteiger partial charge in [-0.2, -0.15) is 0 Å². The zero-order valence-corrected chi connectivity index (χ0v) is 14.1. The van der Waals surface area contributed by atoms with Gasteiger partial charge in [0.05, 0.1) is 6.04 Å². The Morgan fingerprint density at radius 2 is 1.88 bits per heavy atom. The molecule has 4 rings (SSSR count). The first-order chi connectivity index (χ1) is 12.3. The van der Waals surface area contributed by atoms with Gasteiger partial charge in [-0.1, -0.05) is 24.3 Å². The van der Waals surface area contributed by atoms with Crippen LogP contribution in [0.1, 0.15) is 5.56 Å². The van der Waals surface area contributed by atoms with E-state index in [1.807, 2.05) is 41.3 Å². The van der Waals surface area contributed by atoms with E-state index in [0.717, 1.165) is 36.6 Å². The van der Waals surface area contributed by atoms with Crippen LogP contribution in [0.15, 0.2) is 48.7 Å². The van der Waals surface area contributed by atoms with Crippen LogP contribution in [0.25, 0.3) is 0 Å². The molecular formula is C19H22N4O2. The van der Waals surface area contributed by atoms with Crippen LogP contribution in [-0.4, -0.2) is 54.7 Å². The largest absolute Gasteiger partial charge is 0.491 e. The number of aromatic nitrogens is 1. The molecule has 1 fully saturated rings.